The second kappa shape index (κ2) is 5.44. The van der Waals surface area contributed by atoms with Crippen molar-refractivity contribution < 1.29 is 14.3 Å². The van der Waals surface area contributed by atoms with Crippen molar-refractivity contribution in [2.75, 3.05) is 7.11 Å². The van der Waals surface area contributed by atoms with Crippen LogP contribution >= 0.6 is 0 Å². The number of esters is 1. The predicted molar refractivity (Wildman–Crippen MR) is 83.0 cm³/mol. The summed E-state index contributed by atoms with van der Waals surface area (Å²) in [4.78, 5) is 30.3. The van der Waals surface area contributed by atoms with E-state index in [0.717, 1.165) is 28.4 Å². The Hall–Kier alpha value is -2.95. The molecular formula is C17H14N2O3. The first-order valence-corrected chi connectivity index (χ1v) is 6.76. The van der Waals surface area contributed by atoms with E-state index in [9.17, 15) is 9.59 Å². The molecule has 1 aromatic carbocycles. The third-order valence-electron chi connectivity index (χ3n) is 3.51. The van der Waals surface area contributed by atoms with E-state index in [1.165, 1.54) is 7.11 Å². The molecule has 22 heavy (non-hydrogen) atoms. The molecule has 0 bridgehead atoms. The van der Waals surface area contributed by atoms with Gasteiger partial charge in [0.25, 0.3) is 0 Å². The second-order valence-electron chi connectivity index (χ2n) is 5.00. The van der Waals surface area contributed by atoms with Gasteiger partial charge in [0.05, 0.1) is 18.4 Å². The van der Waals surface area contributed by atoms with Gasteiger partial charge in [-0.2, -0.15) is 0 Å². The lowest BCUT2D eigenvalue weighted by atomic mass is 10.0. The number of rotatable bonds is 3. The number of hydrogen-bond donors (Lipinski definition) is 1. The van der Waals surface area contributed by atoms with E-state index < -0.39 is 5.97 Å². The normalized spacial score (nSPS) is 10.6. The summed E-state index contributed by atoms with van der Waals surface area (Å²) in [6.45, 7) is 1.82. The van der Waals surface area contributed by atoms with Crippen molar-refractivity contribution in [3.05, 3.63) is 53.3 Å². The Kier molecular flexibility index (Phi) is 3.47. The van der Waals surface area contributed by atoms with Crippen LogP contribution in [0.25, 0.3) is 22.2 Å². The largest absolute Gasteiger partial charge is 0.465 e. The Morgan fingerprint density at radius 2 is 2.09 bits per heavy atom. The predicted octanol–water partition coefficient (Wildman–Crippen LogP) is 3.14. The molecule has 5 nitrogen and oxygen atoms in total. The van der Waals surface area contributed by atoms with Crippen LogP contribution < -0.4 is 0 Å². The molecule has 0 atom stereocenters. The number of nitrogens with one attached hydrogen (secondary N) is 1. The van der Waals surface area contributed by atoms with E-state index in [2.05, 4.69) is 9.97 Å². The van der Waals surface area contributed by atoms with Gasteiger partial charge in [-0.25, -0.2) is 4.79 Å². The van der Waals surface area contributed by atoms with Crippen LogP contribution in [0.1, 0.15) is 26.4 Å². The third-order valence-corrected chi connectivity index (χ3v) is 3.51. The molecule has 110 valence electrons. The quantitative estimate of drug-likeness (QED) is 0.595. The van der Waals surface area contributed by atoms with Crippen molar-refractivity contribution in [3.63, 3.8) is 0 Å². The molecule has 0 fully saturated rings. The van der Waals surface area contributed by atoms with Gasteiger partial charge in [0.1, 0.15) is 0 Å². The zero-order valence-electron chi connectivity index (χ0n) is 12.2. The van der Waals surface area contributed by atoms with Gasteiger partial charge in [-0.3, -0.25) is 9.78 Å². The van der Waals surface area contributed by atoms with E-state index in [1.807, 2.05) is 25.1 Å². The van der Waals surface area contributed by atoms with Crippen LogP contribution in [-0.4, -0.2) is 29.3 Å². The summed E-state index contributed by atoms with van der Waals surface area (Å²) in [6, 6.07) is 9.04. The number of nitrogens with zero attached hydrogens (tertiary/aromatic N) is 1. The maximum atomic E-state index is 11.7. The highest BCUT2D eigenvalue weighted by atomic mass is 16.5. The van der Waals surface area contributed by atoms with Gasteiger partial charge >= 0.3 is 5.97 Å². The summed E-state index contributed by atoms with van der Waals surface area (Å²) in [6.07, 6.45) is 2.48. The van der Waals surface area contributed by atoms with Gasteiger partial charge in [0.15, 0.2) is 6.29 Å². The maximum absolute atomic E-state index is 11.7. The Balaban J connectivity index is 2.16. The second-order valence-corrected chi connectivity index (χ2v) is 5.00. The molecule has 0 aliphatic carbocycles. The number of H-pyrrole nitrogens is 1. The first-order valence-electron chi connectivity index (χ1n) is 6.76. The molecule has 3 aromatic rings. The summed E-state index contributed by atoms with van der Waals surface area (Å²) >= 11 is 0. The van der Waals surface area contributed by atoms with Gasteiger partial charge in [-0.05, 0) is 31.2 Å². The summed E-state index contributed by atoms with van der Waals surface area (Å²) in [7, 11) is 1.35. The molecule has 2 aromatic heterocycles. The summed E-state index contributed by atoms with van der Waals surface area (Å²) < 4.78 is 4.76. The first kappa shape index (κ1) is 14.0. The number of pyridine rings is 1. The van der Waals surface area contributed by atoms with Crippen LogP contribution in [0.15, 0.2) is 36.5 Å². The number of methoxy groups -OCH3 is 1. The SMILES string of the molecule is COC(=O)c1cc(C)nc(-c2ccc3[nH]cc(C=O)c3c2)c1. The van der Waals surface area contributed by atoms with Gasteiger partial charge < -0.3 is 9.72 Å². The molecule has 5 heteroatoms. The summed E-state index contributed by atoms with van der Waals surface area (Å²) in [5, 5.41) is 0.829. The zero-order valence-corrected chi connectivity index (χ0v) is 12.2. The van der Waals surface area contributed by atoms with E-state index in [0.29, 0.717) is 16.8 Å². The third kappa shape index (κ3) is 2.37. The number of ether oxygens (including phenoxy) is 1. The number of aromatic nitrogens is 2. The number of carbonyl (C=O) groups is 2. The smallest absolute Gasteiger partial charge is 0.337 e. The molecule has 2 heterocycles. The van der Waals surface area contributed by atoms with Crippen molar-refractivity contribution in [2.24, 2.45) is 0 Å². The fourth-order valence-corrected chi connectivity index (χ4v) is 2.45. The average Bonchev–Trinajstić information content (AvgIpc) is 2.95. The van der Waals surface area contributed by atoms with Crippen LogP contribution in [0.5, 0.6) is 0 Å². The van der Waals surface area contributed by atoms with Gasteiger partial charge in [0, 0.05) is 33.9 Å². The number of aryl methyl sites for hydroxylation is 1. The molecule has 0 amide bonds. The van der Waals surface area contributed by atoms with E-state index in [-0.39, 0.29) is 0 Å². The Labute approximate surface area is 126 Å². The minimum Gasteiger partial charge on any atom is -0.465 e. The average molecular weight is 294 g/mol. The minimum absolute atomic E-state index is 0.400. The van der Waals surface area contributed by atoms with Crippen LogP contribution in [0, 0.1) is 6.92 Å². The highest BCUT2D eigenvalue weighted by Crippen LogP contribution is 2.25. The Bertz CT molecular complexity index is 881. The van der Waals surface area contributed by atoms with Crippen molar-refractivity contribution in [2.45, 2.75) is 6.92 Å². The molecule has 0 aliphatic heterocycles. The lowest BCUT2D eigenvalue weighted by Gasteiger charge is -2.06. The van der Waals surface area contributed by atoms with Crippen molar-refractivity contribution in [3.8, 4) is 11.3 Å². The van der Waals surface area contributed by atoms with E-state index in [1.54, 1.807) is 18.3 Å². The number of aromatic amines is 1. The van der Waals surface area contributed by atoms with Crippen LogP contribution in [0.3, 0.4) is 0 Å². The molecule has 0 spiro atoms. The molecule has 0 radical (unpaired) electrons. The summed E-state index contributed by atoms with van der Waals surface area (Å²) in [5.74, 6) is -0.400. The number of aldehydes is 1. The molecule has 0 saturated heterocycles. The van der Waals surface area contributed by atoms with Gasteiger partial charge in [-0.15, -0.1) is 0 Å². The molecular weight excluding hydrogens is 280 g/mol. The molecule has 0 aliphatic rings. The van der Waals surface area contributed by atoms with Gasteiger partial charge in [0.2, 0.25) is 0 Å². The molecule has 1 N–H and O–H groups in total. The number of benzene rings is 1. The van der Waals surface area contributed by atoms with Crippen molar-refractivity contribution >= 4 is 23.2 Å². The molecule has 3 rings (SSSR count). The molecule has 0 unspecified atom stereocenters. The highest BCUT2D eigenvalue weighted by Gasteiger charge is 2.11. The number of carbonyl (C=O) groups excluding carboxylic acids is 2. The molecule has 0 saturated carbocycles. The van der Waals surface area contributed by atoms with E-state index >= 15 is 0 Å². The summed E-state index contributed by atoms with van der Waals surface area (Å²) in [5.41, 5.74) is 4.16. The number of hydrogen-bond acceptors (Lipinski definition) is 4. The van der Waals surface area contributed by atoms with Crippen LogP contribution in [0.4, 0.5) is 0 Å². The highest BCUT2D eigenvalue weighted by molar-refractivity contribution is 5.99. The van der Waals surface area contributed by atoms with Crippen LogP contribution in [0.2, 0.25) is 0 Å². The monoisotopic (exact) mass is 294 g/mol. The van der Waals surface area contributed by atoms with Gasteiger partial charge in [-0.1, -0.05) is 6.07 Å². The van der Waals surface area contributed by atoms with Crippen molar-refractivity contribution in [1.29, 1.82) is 0 Å². The van der Waals surface area contributed by atoms with Crippen molar-refractivity contribution in [1.82, 2.24) is 9.97 Å². The van der Waals surface area contributed by atoms with E-state index in [4.69, 9.17) is 4.74 Å². The lowest BCUT2D eigenvalue weighted by Crippen LogP contribution is -2.03. The Morgan fingerprint density at radius 1 is 1.27 bits per heavy atom. The minimum atomic E-state index is -0.400. The standard InChI is InChI=1S/C17H14N2O3/c1-10-5-12(17(21)22-2)7-16(19-10)11-3-4-15-14(6-11)13(9-20)8-18-15/h3-9,18H,1-2H3. The topological polar surface area (TPSA) is 72.0 Å². The lowest BCUT2D eigenvalue weighted by molar-refractivity contribution is 0.0600. The number of fused-ring (bicyclic) bond motifs is 1. The zero-order chi connectivity index (χ0) is 15.7. The fourth-order valence-electron chi connectivity index (χ4n) is 2.45. The fraction of sp³-hybridized carbons (Fsp3) is 0.118. The Morgan fingerprint density at radius 3 is 2.82 bits per heavy atom. The first-order chi connectivity index (χ1) is 10.6. The maximum Gasteiger partial charge on any atom is 0.337 e. The van der Waals surface area contributed by atoms with Crippen LogP contribution in [-0.2, 0) is 4.74 Å².